The van der Waals surface area contributed by atoms with Crippen molar-refractivity contribution in [2.75, 3.05) is 13.7 Å². The number of nitrogens with zero attached hydrogens (tertiary/aromatic N) is 1. The number of amides is 2. The van der Waals surface area contributed by atoms with Crippen LogP contribution in [0.4, 0.5) is 0 Å². The molecular formula is C28H26BrCl2N3O7. The van der Waals surface area contributed by atoms with Gasteiger partial charge in [0.2, 0.25) is 0 Å². The SMILES string of the molecule is COc1cc(/C=N\NC(=O)[C@@H](Cc2ccccc2)NC(=O)[C@@H](C)Oc2ccc(Cl)cc2Cl)cc(Br)c1OCC(=O)O. The minimum absolute atomic E-state index is 0.192. The van der Waals surface area contributed by atoms with Crippen molar-refractivity contribution in [3.8, 4) is 17.2 Å². The van der Waals surface area contributed by atoms with Crippen LogP contribution in [0.15, 0.2) is 70.2 Å². The standard InChI is InChI=1S/C28H26BrCl2N3O7/c1-16(41-23-9-8-19(30)13-21(23)31)27(37)33-22(11-17-6-4-3-5-7-17)28(38)34-32-14-18-10-20(29)26(24(12-18)39-2)40-15-25(35)36/h3-10,12-14,16,22H,11,15H2,1-2H3,(H,33,37)(H,34,38)(H,35,36)/b32-14-/t16-,22-/m1/s1. The molecule has 0 spiro atoms. The summed E-state index contributed by atoms with van der Waals surface area (Å²) in [6.45, 7) is 0.981. The van der Waals surface area contributed by atoms with Crippen LogP contribution in [0.1, 0.15) is 18.1 Å². The van der Waals surface area contributed by atoms with Crippen molar-refractivity contribution in [2.24, 2.45) is 5.10 Å². The first-order valence-corrected chi connectivity index (χ1v) is 13.6. The van der Waals surface area contributed by atoms with Crippen molar-refractivity contribution in [2.45, 2.75) is 25.5 Å². The molecule has 0 fully saturated rings. The summed E-state index contributed by atoms with van der Waals surface area (Å²) in [5.41, 5.74) is 3.78. The second-order valence-electron chi connectivity index (χ2n) is 8.54. The lowest BCUT2D eigenvalue weighted by atomic mass is 10.1. The molecule has 0 aliphatic rings. The van der Waals surface area contributed by atoms with Gasteiger partial charge in [-0.15, -0.1) is 0 Å². The van der Waals surface area contributed by atoms with Gasteiger partial charge in [0.1, 0.15) is 11.8 Å². The van der Waals surface area contributed by atoms with Crippen molar-refractivity contribution in [1.82, 2.24) is 10.7 Å². The molecule has 3 aromatic rings. The highest BCUT2D eigenvalue weighted by Gasteiger charge is 2.25. The third kappa shape index (κ3) is 9.66. The van der Waals surface area contributed by atoms with Gasteiger partial charge in [0, 0.05) is 11.4 Å². The van der Waals surface area contributed by atoms with Crippen LogP contribution in [-0.4, -0.2) is 55.0 Å². The number of hydrogen-bond donors (Lipinski definition) is 3. The first-order valence-electron chi connectivity index (χ1n) is 12.1. The molecule has 0 unspecified atom stereocenters. The highest BCUT2D eigenvalue weighted by Crippen LogP contribution is 2.36. The molecule has 3 N–H and O–H groups in total. The van der Waals surface area contributed by atoms with E-state index in [-0.39, 0.29) is 28.7 Å². The minimum Gasteiger partial charge on any atom is -0.493 e. The van der Waals surface area contributed by atoms with Gasteiger partial charge in [-0.1, -0.05) is 53.5 Å². The minimum atomic E-state index is -1.14. The highest BCUT2D eigenvalue weighted by molar-refractivity contribution is 9.10. The second-order valence-corrected chi connectivity index (χ2v) is 10.2. The molecule has 0 heterocycles. The van der Waals surface area contributed by atoms with E-state index in [1.807, 2.05) is 30.3 Å². The molecule has 3 aromatic carbocycles. The summed E-state index contributed by atoms with van der Waals surface area (Å²) >= 11 is 15.4. The van der Waals surface area contributed by atoms with Gasteiger partial charge in [0.05, 0.1) is 22.8 Å². The first-order chi connectivity index (χ1) is 19.6. The van der Waals surface area contributed by atoms with Gasteiger partial charge < -0.3 is 24.6 Å². The Hall–Kier alpha value is -3.80. The van der Waals surface area contributed by atoms with Gasteiger partial charge in [0.25, 0.3) is 11.8 Å². The van der Waals surface area contributed by atoms with E-state index in [1.165, 1.54) is 26.3 Å². The van der Waals surface area contributed by atoms with E-state index in [1.54, 1.807) is 24.3 Å². The number of aliphatic carboxylic acids is 1. The van der Waals surface area contributed by atoms with Crippen molar-refractivity contribution < 1.29 is 33.7 Å². The van der Waals surface area contributed by atoms with Crippen molar-refractivity contribution in [3.05, 3.63) is 86.3 Å². The van der Waals surface area contributed by atoms with E-state index in [2.05, 4.69) is 31.8 Å². The van der Waals surface area contributed by atoms with Crippen molar-refractivity contribution in [3.63, 3.8) is 0 Å². The maximum atomic E-state index is 13.1. The summed E-state index contributed by atoms with van der Waals surface area (Å²) in [5.74, 6) is -1.51. The van der Waals surface area contributed by atoms with E-state index < -0.39 is 36.5 Å². The number of methoxy groups -OCH3 is 1. The lowest BCUT2D eigenvalue weighted by Gasteiger charge is -2.21. The lowest BCUT2D eigenvalue weighted by Crippen LogP contribution is -2.50. The molecule has 0 aliphatic carbocycles. The lowest BCUT2D eigenvalue weighted by molar-refractivity contribution is -0.139. The van der Waals surface area contributed by atoms with Crippen LogP contribution < -0.4 is 25.0 Å². The fraction of sp³-hybridized carbons (Fsp3) is 0.214. The van der Waals surface area contributed by atoms with Crippen LogP contribution >= 0.6 is 39.1 Å². The van der Waals surface area contributed by atoms with Crippen LogP contribution in [-0.2, 0) is 20.8 Å². The normalized spacial score (nSPS) is 12.3. The Bertz CT molecular complexity index is 1420. The summed E-state index contributed by atoms with van der Waals surface area (Å²) in [5, 5.41) is 16.3. The fourth-order valence-electron chi connectivity index (χ4n) is 3.50. The molecular weight excluding hydrogens is 641 g/mol. The van der Waals surface area contributed by atoms with Crippen molar-refractivity contribution in [1.29, 1.82) is 0 Å². The summed E-state index contributed by atoms with van der Waals surface area (Å²) in [4.78, 5) is 36.9. The molecule has 0 saturated carbocycles. The summed E-state index contributed by atoms with van der Waals surface area (Å²) in [7, 11) is 1.40. The summed E-state index contributed by atoms with van der Waals surface area (Å²) in [6, 6.07) is 16.0. The number of halogens is 3. The Labute approximate surface area is 254 Å². The van der Waals surface area contributed by atoms with Gasteiger partial charge >= 0.3 is 5.97 Å². The Morgan fingerprint density at radius 1 is 1.05 bits per heavy atom. The number of carboxylic acid groups (broad SMARTS) is 1. The van der Waals surface area contributed by atoms with E-state index in [4.69, 9.17) is 42.5 Å². The largest absolute Gasteiger partial charge is 0.493 e. The maximum Gasteiger partial charge on any atom is 0.341 e. The number of hydrazone groups is 1. The third-order valence-corrected chi connectivity index (χ3v) is 6.58. The van der Waals surface area contributed by atoms with Crippen LogP contribution in [0.3, 0.4) is 0 Å². The molecule has 0 aliphatic heterocycles. The molecule has 2 amide bonds. The number of carbonyl (C=O) groups excluding carboxylic acids is 2. The number of carbonyl (C=O) groups is 3. The quantitative estimate of drug-likeness (QED) is 0.175. The molecule has 3 rings (SSSR count). The zero-order valence-electron chi connectivity index (χ0n) is 21.9. The van der Waals surface area contributed by atoms with Gasteiger partial charge in [-0.25, -0.2) is 10.2 Å². The predicted octanol–water partition coefficient (Wildman–Crippen LogP) is 4.87. The Morgan fingerprint density at radius 2 is 1.78 bits per heavy atom. The zero-order valence-corrected chi connectivity index (χ0v) is 25.0. The molecule has 41 heavy (non-hydrogen) atoms. The number of nitrogens with one attached hydrogen (secondary N) is 2. The number of ether oxygens (including phenoxy) is 3. The molecule has 0 bridgehead atoms. The average Bonchev–Trinajstić information content (AvgIpc) is 2.93. The molecule has 10 nitrogen and oxygen atoms in total. The smallest absolute Gasteiger partial charge is 0.341 e. The summed E-state index contributed by atoms with van der Waals surface area (Å²) < 4.78 is 16.7. The Balaban J connectivity index is 1.72. The van der Waals surface area contributed by atoms with E-state index in [9.17, 15) is 14.4 Å². The average molecular weight is 667 g/mol. The first kappa shape index (κ1) is 31.7. The van der Waals surface area contributed by atoms with Crippen LogP contribution in [0.25, 0.3) is 0 Å². The van der Waals surface area contributed by atoms with Crippen LogP contribution in [0.2, 0.25) is 10.0 Å². The zero-order chi connectivity index (χ0) is 29.9. The molecule has 13 heteroatoms. The predicted molar refractivity (Wildman–Crippen MR) is 158 cm³/mol. The van der Waals surface area contributed by atoms with Gasteiger partial charge in [-0.2, -0.15) is 5.10 Å². The Morgan fingerprint density at radius 3 is 2.44 bits per heavy atom. The van der Waals surface area contributed by atoms with Crippen molar-refractivity contribution >= 4 is 63.1 Å². The van der Waals surface area contributed by atoms with E-state index in [0.717, 1.165) is 5.56 Å². The monoisotopic (exact) mass is 665 g/mol. The van der Waals surface area contributed by atoms with Crippen LogP contribution in [0, 0.1) is 0 Å². The molecule has 216 valence electrons. The third-order valence-electron chi connectivity index (χ3n) is 5.46. The number of carboxylic acids is 1. The van der Waals surface area contributed by atoms with Gasteiger partial charge in [0.15, 0.2) is 24.2 Å². The molecule has 2 atom stereocenters. The highest BCUT2D eigenvalue weighted by atomic mass is 79.9. The second kappa shape index (κ2) is 15.3. The number of rotatable bonds is 13. The molecule has 0 aromatic heterocycles. The maximum absolute atomic E-state index is 13.1. The molecule has 0 saturated heterocycles. The number of benzene rings is 3. The van der Waals surface area contributed by atoms with Crippen LogP contribution in [0.5, 0.6) is 17.2 Å². The topological polar surface area (TPSA) is 136 Å². The van der Waals surface area contributed by atoms with Gasteiger partial charge in [-0.3, -0.25) is 9.59 Å². The summed E-state index contributed by atoms with van der Waals surface area (Å²) in [6.07, 6.45) is 0.578. The fourth-order valence-corrected chi connectivity index (χ4v) is 4.53. The molecule has 0 radical (unpaired) electrons. The van der Waals surface area contributed by atoms with E-state index >= 15 is 0 Å². The van der Waals surface area contributed by atoms with Gasteiger partial charge in [-0.05, 0) is 64.3 Å². The number of hydrogen-bond acceptors (Lipinski definition) is 7. The Kier molecular flexibility index (Phi) is 11.8. The van der Waals surface area contributed by atoms with E-state index in [0.29, 0.717) is 15.1 Å².